The summed E-state index contributed by atoms with van der Waals surface area (Å²) in [5, 5.41) is 1.90. The first-order valence-electron chi connectivity index (χ1n) is 10.4. The molecule has 3 heterocycles. The van der Waals surface area contributed by atoms with Gasteiger partial charge in [0, 0.05) is 18.9 Å². The summed E-state index contributed by atoms with van der Waals surface area (Å²) in [6.45, 7) is 3.47. The van der Waals surface area contributed by atoms with E-state index in [0.717, 1.165) is 10.4 Å². The average molecular weight is 499 g/mol. The van der Waals surface area contributed by atoms with E-state index < -0.39 is 18.0 Å². The second-order valence-electron chi connectivity index (χ2n) is 7.39. The first-order valence-corrected chi connectivity index (χ1v) is 12.1. The summed E-state index contributed by atoms with van der Waals surface area (Å²) < 4.78 is 17.4. The molecule has 0 aliphatic carbocycles. The maximum atomic E-state index is 13.5. The average Bonchev–Trinajstić information content (AvgIpc) is 3.43. The molecule has 34 heavy (non-hydrogen) atoms. The Hall–Kier alpha value is -3.34. The standard InChI is InChI=1S/C24H22N2O6S2/c1-14-20(23(29)31-11-10-30-3)21(18-5-4-12-33-18)26-22(28)19(34-24(26)25-14)13-16-6-8-17(9-7-16)32-15(2)27/h4-9,12-13,21H,10-11H2,1-3H3/b19-13+/t21-/m1/s1. The lowest BCUT2D eigenvalue weighted by Crippen LogP contribution is -2.39. The van der Waals surface area contributed by atoms with Gasteiger partial charge >= 0.3 is 11.9 Å². The van der Waals surface area contributed by atoms with Crippen LogP contribution in [0.4, 0.5) is 0 Å². The fraction of sp³-hybridized carbons (Fsp3) is 0.250. The molecular weight excluding hydrogens is 476 g/mol. The van der Waals surface area contributed by atoms with E-state index in [1.54, 1.807) is 41.8 Å². The van der Waals surface area contributed by atoms with E-state index in [4.69, 9.17) is 14.2 Å². The smallest absolute Gasteiger partial charge is 0.338 e. The van der Waals surface area contributed by atoms with E-state index >= 15 is 0 Å². The maximum absolute atomic E-state index is 13.5. The number of aromatic nitrogens is 1. The number of ether oxygens (including phenoxy) is 3. The third-order valence-electron chi connectivity index (χ3n) is 5.01. The summed E-state index contributed by atoms with van der Waals surface area (Å²) in [5.74, 6) is -0.496. The van der Waals surface area contributed by atoms with Gasteiger partial charge in [-0.05, 0) is 42.1 Å². The molecule has 176 valence electrons. The van der Waals surface area contributed by atoms with Crippen LogP contribution in [0.15, 0.2) is 62.8 Å². The van der Waals surface area contributed by atoms with E-state index in [2.05, 4.69) is 4.99 Å². The molecule has 0 radical (unpaired) electrons. The summed E-state index contributed by atoms with van der Waals surface area (Å²) >= 11 is 2.71. The number of thiazole rings is 1. The van der Waals surface area contributed by atoms with Crippen molar-refractivity contribution in [2.75, 3.05) is 20.3 Å². The van der Waals surface area contributed by atoms with Gasteiger partial charge in [-0.2, -0.15) is 0 Å². The minimum absolute atomic E-state index is 0.108. The van der Waals surface area contributed by atoms with Crippen LogP contribution in [0, 0.1) is 0 Å². The lowest BCUT2D eigenvalue weighted by atomic mass is 10.0. The van der Waals surface area contributed by atoms with Crippen molar-refractivity contribution in [3.8, 4) is 5.75 Å². The van der Waals surface area contributed by atoms with Crippen LogP contribution in [0.2, 0.25) is 0 Å². The lowest BCUT2D eigenvalue weighted by molar-refractivity contribution is -0.140. The van der Waals surface area contributed by atoms with Crippen LogP contribution in [0.25, 0.3) is 6.08 Å². The minimum atomic E-state index is -0.625. The summed E-state index contributed by atoms with van der Waals surface area (Å²) in [5.41, 5.74) is 1.37. The van der Waals surface area contributed by atoms with Crippen molar-refractivity contribution in [3.63, 3.8) is 0 Å². The van der Waals surface area contributed by atoms with Gasteiger partial charge in [-0.1, -0.05) is 29.5 Å². The number of esters is 2. The monoisotopic (exact) mass is 498 g/mol. The van der Waals surface area contributed by atoms with Crippen molar-refractivity contribution >= 4 is 40.7 Å². The molecule has 4 rings (SSSR count). The zero-order chi connectivity index (χ0) is 24.2. The quantitative estimate of drug-likeness (QED) is 0.282. The van der Waals surface area contributed by atoms with Crippen LogP contribution in [0.1, 0.15) is 30.3 Å². The van der Waals surface area contributed by atoms with E-state index in [1.807, 2.05) is 17.5 Å². The molecular formula is C24H22N2O6S2. The zero-order valence-electron chi connectivity index (χ0n) is 18.8. The van der Waals surface area contributed by atoms with Crippen LogP contribution in [0.3, 0.4) is 0 Å². The van der Waals surface area contributed by atoms with Crippen LogP contribution in [-0.4, -0.2) is 36.8 Å². The topological polar surface area (TPSA) is 96.2 Å². The van der Waals surface area contributed by atoms with Gasteiger partial charge in [0.15, 0.2) is 4.80 Å². The van der Waals surface area contributed by atoms with Gasteiger partial charge in [0.25, 0.3) is 5.56 Å². The number of hydrogen-bond donors (Lipinski definition) is 0. The van der Waals surface area contributed by atoms with Crippen LogP contribution < -0.4 is 19.6 Å². The number of methoxy groups -OCH3 is 1. The Labute approximate surface area is 203 Å². The van der Waals surface area contributed by atoms with Gasteiger partial charge in [0.1, 0.15) is 18.4 Å². The minimum Gasteiger partial charge on any atom is -0.460 e. The van der Waals surface area contributed by atoms with Gasteiger partial charge in [-0.15, -0.1) is 11.3 Å². The lowest BCUT2D eigenvalue weighted by Gasteiger charge is -2.23. The molecule has 0 unspecified atom stereocenters. The Balaban J connectivity index is 1.78. The van der Waals surface area contributed by atoms with Gasteiger partial charge < -0.3 is 14.2 Å². The fourth-order valence-electron chi connectivity index (χ4n) is 3.54. The van der Waals surface area contributed by atoms with Crippen molar-refractivity contribution in [3.05, 3.63) is 83.2 Å². The molecule has 1 aliphatic heterocycles. The molecule has 10 heteroatoms. The predicted molar refractivity (Wildman–Crippen MR) is 129 cm³/mol. The highest BCUT2D eigenvalue weighted by atomic mass is 32.1. The Bertz CT molecular complexity index is 1420. The number of allylic oxidation sites excluding steroid dienone is 1. The molecule has 8 nitrogen and oxygen atoms in total. The van der Waals surface area contributed by atoms with Crippen molar-refractivity contribution < 1.29 is 23.8 Å². The molecule has 2 aromatic heterocycles. The Kier molecular flexibility index (Phi) is 7.20. The molecule has 0 saturated heterocycles. The highest BCUT2D eigenvalue weighted by molar-refractivity contribution is 7.10. The molecule has 0 amide bonds. The third-order valence-corrected chi connectivity index (χ3v) is 6.92. The normalized spacial score (nSPS) is 15.6. The molecule has 0 fully saturated rings. The number of thiophene rings is 1. The molecule has 0 N–H and O–H groups in total. The first-order chi connectivity index (χ1) is 16.4. The number of rotatable bonds is 7. The Morgan fingerprint density at radius 2 is 1.94 bits per heavy atom. The van der Waals surface area contributed by atoms with E-state index in [0.29, 0.717) is 26.4 Å². The van der Waals surface area contributed by atoms with Crippen molar-refractivity contribution in [2.24, 2.45) is 4.99 Å². The molecule has 1 aliphatic rings. The van der Waals surface area contributed by atoms with Crippen molar-refractivity contribution in [1.82, 2.24) is 4.57 Å². The Morgan fingerprint density at radius 3 is 2.59 bits per heavy atom. The summed E-state index contributed by atoms with van der Waals surface area (Å²) in [4.78, 5) is 43.5. The molecule has 1 aromatic carbocycles. The number of carbonyl (C=O) groups excluding carboxylic acids is 2. The van der Waals surface area contributed by atoms with Crippen LogP contribution in [0.5, 0.6) is 5.75 Å². The molecule has 3 aromatic rings. The van der Waals surface area contributed by atoms with Crippen molar-refractivity contribution in [2.45, 2.75) is 19.9 Å². The first kappa shape index (κ1) is 23.8. The highest BCUT2D eigenvalue weighted by Crippen LogP contribution is 2.33. The van der Waals surface area contributed by atoms with Gasteiger partial charge in [0.05, 0.1) is 22.4 Å². The van der Waals surface area contributed by atoms with Gasteiger partial charge in [-0.25, -0.2) is 9.79 Å². The third kappa shape index (κ3) is 4.93. The summed E-state index contributed by atoms with van der Waals surface area (Å²) in [7, 11) is 1.53. The van der Waals surface area contributed by atoms with Crippen LogP contribution >= 0.6 is 22.7 Å². The number of hydrogen-bond acceptors (Lipinski definition) is 9. The van der Waals surface area contributed by atoms with Crippen LogP contribution in [-0.2, 0) is 19.1 Å². The molecule has 0 spiro atoms. The number of nitrogens with zero attached hydrogens (tertiary/aromatic N) is 2. The zero-order valence-corrected chi connectivity index (χ0v) is 20.4. The van der Waals surface area contributed by atoms with Gasteiger partial charge in [-0.3, -0.25) is 14.2 Å². The second-order valence-corrected chi connectivity index (χ2v) is 9.38. The summed E-state index contributed by atoms with van der Waals surface area (Å²) in [6.07, 6.45) is 1.75. The predicted octanol–water partition coefficient (Wildman–Crippen LogP) is 2.41. The van der Waals surface area contributed by atoms with Gasteiger partial charge in [0.2, 0.25) is 0 Å². The molecule has 0 saturated carbocycles. The number of carbonyl (C=O) groups is 2. The number of fused-ring (bicyclic) bond motifs is 1. The number of benzene rings is 1. The van der Waals surface area contributed by atoms with E-state index in [-0.39, 0.29) is 18.8 Å². The fourth-order valence-corrected chi connectivity index (χ4v) is 5.41. The van der Waals surface area contributed by atoms with E-state index in [1.165, 1.54) is 36.7 Å². The molecule has 1 atom stereocenters. The SMILES string of the molecule is COCCOC(=O)C1=C(C)N=c2s/c(=C/c3ccc(OC(C)=O)cc3)c(=O)n2[C@@H]1c1cccs1. The van der Waals surface area contributed by atoms with E-state index in [9.17, 15) is 14.4 Å². The maximum Gasteiger partial charge on any atom is 0.338 e. The van der Waals surface area contributed by atoms with Crippen molar-refractivity contribution in [1.29, 1.82) is 0 Å². The largest absolute Gasteiger partial charge is 0.460 e. The highest BCUT2D eigenvalue weighted by Gasteiger charge is 2.34. The summed E-state index contributed by atoms with van der Waals surface area (Å²) in [6, 6.07) is 9.99. The Morgan fingerprint density at radius 1 is 1.18 bits per heavy atom. The molecule has 0 bridgehead atoms. The second kappa shape index (κ2) is 10.3.